The number of fused-ring (bicyclic) bond motifs is 2. The minimum Gasteiger partial charge on any atom is -0.383 e. The molecule has 0 unspecified atom stereocenters. The molecular weight excluding hydrogens is 402 g/mol. The first kappa shape index (κ1) is 21.7. The van der Waals surface area contributed by atoms with Crippen molar-refractivity contribution in [2.75, 3.05) is 44.8 Å². The predicted molar refractivity (Wildman–Crippen MR) is 93.9 cm³/mol. The van der Waals surface area contributed by atoms with Gasteiger partial charge in [-0.1, -0.05) is 6.07 Å². The van der Waals surface area contributed by atoms with Crippen LogP contribution in [-0.4, -0.2) is 56.9 Å². The number of methoxy groups -OCH3 is 1. The Morgan fingerprint density at radius 3 is 2.34 bits per heavy atom. The van der Waals surface area contributed by atoms with Gasteiger partial charge in [0.15, 0.2) is 0 Å². The molecule has 10 heteroatoms. The summed E-state index contributed by atoms with van der Waals surface area (Å²) in [6.07, 6.45) is -8.84. The van der Waals surface area contributed by atoms with Gasteiger partial charge in [0.1, 0.15) is 0 Å². The van der Waals surface area contributed by atoms with Gasteiger partial charge < -0.3 is 14.5 Å². The molecule has 0 bridgehead atoms. The SMILES string of the molecule is COCCN1CCCc2cc3c(c(C(F)(F)F)c21)CCN(C(=O)C(F)(F)F)CC3. The van der Waals surface area contributed by atoms with Gasteiger partial charge in [-0.25, -0.2) is 0 Å². The van der Waals surface area contributed by atoms with E-state index in [9.17, 15) is 31.1 Å². The molecule has 0 saturated carbocycles. The van der Waals surface area contributed by atoms with E-state index in [4.69, 9.17) is 4.74 Å². The number of rotatable bonds is 3. The Hall–Kier alpha value is -1.97. The molecule has 0 atom stereocenters. The van der Waals surface area contributed by atoms with Gasteiger partial charge in [0.25, 0.3) is 0 Å². The molecule has 162 valence electrons. The second kappa shape index (κ2) is 8.04. The normalized spacial score (nSPS) is 17.6. The fourth-order valence-corrected chi connectivity index (χ4v) is 4.19. The number of carbonyl (C=O) groups excluding carboxylic acids is 1. The van der Waals surface area contributed by atoms with Crippen molar-refractivity contribution in [2.24, 2.45) is 0 Å². The van der Waals surface area contributed by atoms with E-state index in [1.807, 2.05) is 0 Å². The lowest BCUT2D eigenvalue weighted by atomic mass is 9.88. The Bertz CT molecular complexity index is 775. The van der Waals surface area contributed by atoms with Crippen molar-refractivity contribution in [3.05, 3.63) is 28.3 Å². The Morgan fingerprint density at radius 2 is 1.72 bits per heavy atom. The number of alkyl halides is 6. The van der Waals surface area contributed by atoms with Gasteiger partial charge in [-0.05, 0) is 42.4 Å². The summed E-state index contributed by atoms with van der Waals surface area (Å²) in [6, 6.07) is 1.68. The maximum Gasteiger partial charge on any atom is 0.471 e. The predicted octanol–water partition coefficient (Wildman–Crippen LogP) is 3.59. The summed E-state index contributed by atoms with van der Waals surface area (Å²) in [5.41, 5.74) is 0.256. The highest BCUT2D eigenvalue weighted by molar-refractivity contribution is 5.82. The van der Waals surface area contributed by atoms with Crippen molar-refractivity contribution in [3.8, 4) is 0 Å². The molecule has 3 rings (SSSR count). The zero-order valence-electron chi connectivity index (χ0n) is 15.9. The van der Waals surface area contributed by atoms with Gasteiger partial charge in [0.05, 0.1) is 17.9 Å². The standard InChI is InChI=1S/C19H22F6N2O2/c1-29-10-9-26-6-2-3-13-11-12-4-7-27(17(28)19(23,24)25)8-5-14(12)15(16(13)26)18(20,21)22/h11H,2-10H2,1H3. The Morgan fingerprint density at radius 1 is 1.03 bits per heavy atom. The van der Waals surface area contributed by atoms with E-state index in [0.29, 0.717) is 42.0 Å². The molecule has 4 nitrogen and oxygen atoms in total. The van der Waals surface area contributed by atoms with Crippen LogP contribution in [0.2, 0.25) is 0 Å². The third-order valence-corrected chi connectivity index (χ3v) is 5.43. The molecule has 0 N–H and O–H groups in total. The lowest BCUT2D eigenvalue weighted by molar-refractivity contribution is -0.185. The van der Waals surface area contributed by atoms with Crippen LogP contribution in [0.25, 0.3) is 0 Å². The first-order valence-corrected chi connectivity index (χ1v) is 9.39. The summed E-state index contributed by atoms with van der Waals surface area (Å²) in [4.78, 5) is 13.8. The quantitative estimate of drug-likeness (QED) is 0.696. The van der Waals surface area contributed by atoms with Gasteiger partial charge in [0.2, 0.25) is 0 Å². The smallest absolute Gasteiger partial charge is 0.383 e. The van der Waals surface area contributed by atoms with Crippen LogP contribution < -0.4 is 4.90 Å². The van der Waals surface area contributed by atoms with Crippen molar-refractivity contribution in [3.63, 3.8) is 0 Å². The fraction of sp³-hybridized carbons (Fsp3) is 0.632. The fourth-order valence-electron chi connectivity index (χ4n) is 4.19. The van der Waals surface area contributed by atoms with Crippen LogP contribution in [0.1, 0.15) is 28.7 Å². The van der Waals surface area contributed by atoms with Crippen LogP contribution >= 0.6 is 0 Å². The second-order valence-electron chi connectivity index (χ2n) is 7.27. The molecule has 2 heterocycles. The number of carbonyl (C=O) groups is 1. The number of ether oxygens (including phenoxy) is 1. The van der Waals surface area contributed by atoms with Crippen LogP contribution in [0, 0.1) is 0 Å². The first-order valence-electron chi connectivity index (χ1n) is 9.39. The Labute approximate surface area is 164 Å². The summed E-state index contributed by atoms with van der Waals surface area (Å²) >= 11 is 0. The number of hydrogen-bond acceptors (Lipinski definition) is 3. The maximum atomic E-state index is 14.1. The van der Waals surface area contributed by atoms with Crippen molar-refractivity contribution >= 4 is 11.6 Å². The van der Waals surface area contributed by atoms with Crippen LogP contribution in [-0.2, 0) is 35.0 Å². The highest BCUT2D eigenvalue weighted by atomic mass is 19.4. The molecule has 0 saturated heterocycles. The summed E-state index contributed by atoms with van der Waals surface area (Å²) < 4.78 is 85.7. The summed E-state index contributed by atoms with van der Waals surface area (Å²) in [5.74, 6) is -2.01. The molecule has 1 aromatic carbocycles. The van der Waals surface area contributed by atoms with Crippen molar-refractivity contribution in [1.82, 2.24) is 4.90 Å². The average Bonchev–Trinajstić information content (AvgIpc) is 2.84. The van der Waals surface area contributed by atoms with Gasteiger partial charge in [-0.3, -0.25) is 4.79 Å². The number of aryl methyl sites for hydroxylation is 1. The lowest BCUT2D eigenvalue weighted by Crippen LogP contribution is -2.42. The maximum absolute atomic E-state index is 14.1. The van der Waals surface area contributed by atoms with Gasteiger partial charge in [-0.2, -0.15) is 26.3 Å². The minimum atomic E-state index is -5.04. The molecule has 0 aromatic heterocycles. The third kappa shape index (κ3) is 4.46. The van der Waals surface area contributed by atoms with Crippen LogP contribution in [0.5, 0.6) is 0 Å². The van der Waals surface area contributed by atoms with Gasteiger partial charge in [-0.15, -0.1) is 0 Å². The molecule has 29 heavy (non-hydrogen) atoms. The molecule has 1 aromatic rings. The van der Waals surface area contributed by atoms with Crippen molar-refractivity contribution < 1.29 is 35.9 Å². The third-order valence-electron chi connectivity index (χ3n) is 5.43. The highest BCUT2D eigenvalue weighted by Crippen LogP contribution is 2.45. The molecule has 2 aliphatic rings. The number of anilines is 1. The van der Waals surface area contributed by atoms with Crippen molar-refractivity contribution in [1.29, 1.82) is 0 Å². The second-order valence-corrected chi connectivity index (χ2v) is 7.27. The van der Waals surface area contributed by atoms with E-state index >= 15 is 0 Å². The minimum absolute atomic E-state index is 0.00181. The monoisotopic (exact) mass is 424 g/mol. The average molecular weight is 424 g/mol. The van der Waals surface area contributed by atoms with E-state index in [1.165, 1.54) is 7.11 Å². The summed E-state index contributed by atoms with van der Waals surface area (Å²) in [7, 11) is 1.47. The number of amides is 1. The molecule has 2 aliphatic heterocycles. The first-order chi connectivity index (χ1) is 13.5. The Balaban J connectivity index is 2.05. The summed E-state index contributed by atoms with van der Waals surface area (Å²) in [6.45, 7) is 0.364. The van der Waals surface area contributed by atoms with E-state index in [2.05, 4.69) is 0 Å². The molecule has 0 fully saturated rings. The topological polar surface area (TPSA) is 32.8 Å². The zero-order chi connectivity index (χ0) is 21.4. The van der Waals surface area contributed by atoms with E-state index in [0.717, 1.165) is 0 Å². The number of hydrogen-bond donors (Lipinski definition) is 0. The lowest BCUT2D eigenvalue weighted by Gasteiger charge is -2.35. The highest BCUT2D eigenvalue weighted by Gasteiger charge is 2.44. The molecule has 0 radical (unpaired) electrons. The van der Waals surface area contributed by atoms with Gasteiger partial charge >= 0.3 is 18.3 Å². The van der Waals surface area contributed by atoms with Crippen LogP contribution in [0.3, 0.4) is 0 Å². The summed E-state index contributed by atoms with van der Waals surface area (Å²) in [5, 5.41) is 0. The van der Waals surface area contributed by atoms with E-state index < -0.39 is 30.4 Å². The number of nitrogens with zero attached hydrogens (tertiary/aromatic N) is 2. The number of halogens is 6. The Kier molecular flexibility index (Phi) is 6.03. The molecular formula is C19H22F6N2O2. The largest absolute Gasteiger partial charge is 0.471 e. The molecule has 1 amide bonds. The van der Waals surface area contributed by atoms with E-state index in [1.54, 1.807) is 11.0 Å². The number of benzene rings is 1. The van der Waals surface area contributed by atoms with Crippen LogP contribution in [0.15, 0.2) is 6.07 Å². The molecule has 0 aliphatic carbocycles. The molecule has 0 spiro atoms. The van der Waals surface area contributed by atoms with Gasteiger partial charge in [0, 0.05) is 33.3 Å². The van der Waals surface area contributed by atoms with E-state index in [-0.39, 0.29) is 37.2 Å². The zero-order valence-corrected chi connectivity index (χ0v) is 15.9. The van der Waals surface area contributed by atoms with Crippen molar-refractivity contribution in [2.45, 2.75) is 38.0 Å². The van der Waals surface area contributed by atoms with Crippen LogP contribution in [0.4, 0.5) is 32.0 Å².